The summed E-state index contributed by atoms with van der Waals surface area (Å²) >= 11 is 0. The highest BCUT2D eigenvalue weighted by Crippen LogP contribution is 2.37. The van der Waals surface area contributed by atoms with E-state index in [1.807, 2.05) is 41.5 Å². The van der Waals surface area contributed by atoms with Crippen molar-refractivity contribution in [3.8, 4) is 0 Å². The molecule has 0 aromatic heterocycles. The Balaban J connectivity index is 5.44. The van der Waals surface area contributed by atoms with Gasteiger partial charge in [-0.15, -0.1) is 0 Å². The van der Waals surface area contributed by atoms with Crippen molar-refractivity contribution < 1.29 is 57.0 Å². The van der Waals surface area contributed by atoms with Crippen molar-refractivity contribution in [2.75, 3.05) is 52.9 Å². The molecule has 2 unspecified atom stereocenters. The van der Waals surface area contributed by atoms with Crippen LogP contribution in [0.3, 0.4) is 0 Å². The third kappa shape index (κ3) is 15.7. The van der Waals surface area contributed by atoms with Crippen LogP contribution in [0.1, 0.15) is 146 Å². The molecule has 286 valence electrons. The van der Waals surface area contributed by atoms with Crippen molar-refractivity contribution >= 4 is 11.9 Å². The molecular formula is C36H70O12. The number of carbonyl (C=O) groups is 2. The topological polar surface area (TPSA) is 126 Å². The lowest BCUT2D eigenvalue weighted by molar-refractivity contribution is -0.479. The number of hydrogen-bond acceptors (Lipinski definition) is 12. The van der Waals surface area contributed by atoms with Gasteiger partial charge < -0.3 is 47.4 Å². The quantitative estimate of drug-likeness (QED) is 0.0378. The van der Waals surface area contributed by atoms with Crippen LogP contribution in [0.25, 0.3) is 0 Å². The van der Waals surface area contributed by atoms with E-state index in [0.29, 0.717) is 65.0 Å². The summed E-state index contributed by atoms with van der Waals surface area (Å²) in [6.45, 7) is 21.3. The van der Waals surface area contributed by atoms with E-state index in [9.17, 15) is 9.59 Å². The lowest BCUT2D eigenvalue weighted by Gasteiger charge is -2.44. The second kappa shape index (κ2) is 26.4. The third-order valence-corrected chi connectivity index (χ3v) is 7.11. The van der Waals surface area contributed by atoms with Gasteiger partial charge in [-0.1, -0.05) is 54.4 Å². The summed E-state index contributed by atoms with van der Waals surface area (Å²) < 4.78 is 60.3. The van der Waals surface area contributed by atoms with E-state index < -0.39 is 35.5 Å². The molecular weight excluding hydrogens is 624 g/mol. The summed E-state index contributed by atoms with van der Waals surface area (Å²) in [6, 6.07) is 0. The highest BCUT2D eigenvalue weighted by Gasteiger charge is 2.59. The first kappa shape index (κ1) is 46.6. The van der Waals surface area contributed by atoms with Crippen molar-refractivity contribution in [1.29, 1.82) is 0 Å². The zero-order chi connectivity index (χ0) is 36.4. The highest BCUT2D eigenvalue weighted by molar-refractivity contribution is 5.70. The van der Waals surface area contributed by atoms with Crippen LogP contribution in [0.5, 0.6) is 0 Å². The van der Waals surface area contributed by atoms with Gasteiger partial charge in [0, 0.05) is 12.8 Å². The Labute approximate surface area is 291 Å². The molecule has 0 amide bonds. The zero-order valence-corrected chi connectivity index (χ0v) is 32.0. The van der Waals surface area contributed by atoms with Gasteiger partial charge in [0.25, 0.3) is 11.6 Å². The first-order chi connectivity index (χ1) is 23.0. The third-order valence-electron chi connectivity index (χ3n) is 7.11. The predicted molar refractivity (Wildman–Crippen MR) is 183 cm³/mol. The fourth-order valence-corrected chi connectivity index (χ4v) is 4.68. The zero-order valence-electron chi connectivity index (χ0n) is 32.0. The number of hydrogen-bond donors (Lipinski definition) is 0. The van der Waals surface area contributed by atoms with Crippen LogP contribution in [0.15, 0.2) is 0 Å². The van der Waals surface area contributed by atoms with Crippen LogP contribution in [-0.2, 0) is 57.0 Å². The van der Waals surface area contributed by atoms with E-state index in [0.717, 1.165) is 25.7 Å². The summed E-state index contributed by atoms with van der Waals surface area (Å²) in [5.74, 6) is -7.61. The molecule has 0 heterocycles. The molecule has 0 fully saturated rings. The fourth-order valence-electron chi connectivity index (χ4n) is 4.68. The molecule has 12 heteroatoms. The summed E-state index contributed by atoms with van der Waals surface area (Å²) in [4.78, 5) is 26.3. The summed E-state index contributed by atoms with van der Waals surface area (Å²) in [5.41, 5.74) is 0. The van der Waals surface area contributed by atoms with Gasteiger partial charge in [0.2, 0.25) is 0 Å². The van der Waals surface area contributed by atoms with Crippen LogP contribution in [0, 0.1) is 0 Å². The molecule has 0 saturated heterocycles. The number of carbonyl (C=O) groups excluding carboxylic acids is 2. The van der Waals surface area contributed by atoms with Crippen molar-refractivity contribution in [3.05, 3.63) is 0 Å². The fraction of sp³-hybridized carbons (Fsp3) is 0.944. The first-order valence-electron chi connectivity index (χ1n) is 18.5. The average molecular weight is 695 g/mol. The molecule has 12 nitrogen and oxygen atoms in total. The van der Waals surface area contributed by atoms with Crippen LogP contribution in [0.4, 0.5) is 0 Å². The van der Waals surface area contributed by atoms with Gasteiger partial charge in [-0.25, -0.2) is 0 Å². The van der Waals surface area contributed by atoms with Gasteiger partial charge in [0.1, 0.15) is 0 Å². The second-order valence-electron chi connectivity index (χ2n) is 11.8. The Hall–Kier alpha value is -1.38. The van der Waals surface area contributed by atoms with E-state index >= 15 is 0 Å². The Morgan fingerprint density at radius 3 is 0.917 bits per heavy atom. The summed E-state index contributed by atoms with van der Waals surface area (Å²) in [6.07, 6.45) is 7.03. The summed E-state index contributed by atoms with van der Waals surface area (Å²) in [7, 11) is 0. The monoisotopic (exact) mass is 694 g/mol. The standard InChI is InChI=1S/C36H70O12/c1-11-25-41-33(9,42-26-12-2)35(39-17-7,45-29-15-5)47-31(37)23-21-19-20-22-24-32(38)48-36(40-18-8,46-30-16-6)34(10,43-27-13-3)44-28-14-4/h11-30H2,1-10H3. The van der Waals surface area contributed by atoms with Gasteiger partial charge in [-0.2, -0.15) is 0 Å². The van der Waals surface area contributed by atoms with Gasteiger partial charge in [-0.05, 0) is 79.1 Å². The van der Waals surface area contributed by atoms with E-state index in [-0.39, 0.29) is 39.3 Å². The van der Waals surface area contributed by atoms with Crippen molar-refractivity contribution in [1.82, 2.24) is 0 Å². The lowest BCUT2D eigenvalue weighted by Crippen LogP contribution is -2.62. The minimum Gasteiger partial charge on any atom is -0.403 e. The number of ether oxygens (including phenoxy) is 10. The first-order valence-corrected chi connectivity index (χ1v) is 18.5. The number of unbranched alkanes of at least 4 members (excludes halogenated alkanes) is 3. The van der Waals surface area contributed by atoms with Crippen LogP contribution in [-0.4, -0.2) is 88.3 Å². The number of esters is 2. The maximum Gasteiger partial charge on any atom is 0.386 e. The molecule has 0 aliphatic carbocycles. The highest BCUT2D eigenvalue weighted by atomic mass is 16.9. The molecule has 0 aliphatic heterocycles. The molecule has 0 bridgehead atoms. The molecule has 0 rings (SSSR count). The normalized spacial score (nSPS) is 14.8. The van der Waals surface area contributed by atoms with Crippen LogP contribution in [0.2, 0.25) is 0 Å². The molecule has 0 aliphatic rings. The van der Waals surface area contributed by atoms with E-state index in [2.05, 4.69) is 0 Å². The van der Waals surface area contributed by atoms with Crippen molar-refractivity contribution in [2.45, 2.75) is 170 Å². The van der Waals surface area contributed by atoms with Gasteiger partial charge in [0.05, 0.1) is 52.9 Å². The molecule has 0 spiro atoms. The molecule has 2 atom stereocenters. The van der Waals surface area contributed by atoms with Gasteiger partial charge in [-0.3, -0.25) is 9.59 Å². The molecule has 0 aromatic carbocycles. The summed E-state index contributed by atoms with van der Waals surface area (Å²) in [5, 5.41) is 0. The SMILES string of the molecule is CCCOC(C)(OCCC)C(OCC)(OCCC)OC(=O)CCCCCCC(=O)OC(OCC)(OCCC)C(C)(OCCC)OCCC. The van der Waals surface area contributed by atoms with Crippen molar-refractivity contribution in [3.63, 3.8) is 0 Å². The lowest BCUT2D eigenvalue weighted by atomic mass is 10.1. The smallest absolute Gasteiger partial charge is 0.386 e. The van der Waals surface area contributed by atoms with Crippen LogP contribution < -0.4 is 0 Å². The van der Waals surface area contributed by atoms with E-state index in [1.54, 1.807) is 27.7 Å². The molecule has 0 aromatic rings. The largest absolute Gasteiger partial charge is 0.403 e. The maximum atomic E-state index is 13.2. The van der Waals surface area contributed by atoms with Crippen LogP contribution >= 0.6 is 0 Å². The maximum absolute atomic E-state index is 13.2. The predicted octanol–water partition coefficient (Wildman–Crippen LogP) is 7.79. The average Bonchev–Trinajstić information content (AvgIpc) is 3.07. The molecule has 0 N–H and O–H groups in total. The Morgan fingerprint density at radius 2 is 0.667 bits per heavy atom. The molecule has 0 saturated carbocycles. The van der Waals surface area contributed by atoms with Gasteiger partial charge >= 0.3 is 23.9 Å². The Kier molecular flexibility index (Phi) is 25.7. The Morgan fingerprint density at radius 1 is 0.396 bits per heavy atom. The van der Waals surface area contributed by atoms with E-state index in [4.69, 9.17) is 47.4 Å². The molecule has 0 radical (unpaired) electrons. The number of rotatable bonds is 33. The Bertz CT molecular complexity index is 743. The second-order valence-corrected chi connectivity index (χ2v) is 11.8. The van der Waals surface area contributed by atoms with Crippen molar-refractivity contribution in [2.24, 2.45) is 0 Å². The van der Waals surface area contributed by atoms with Gasteiger partial charge in [0.15, 0.2) is 0 Å². The minimum atomic E-state index is -1.86. The minimum absolute atomic E-state index is 0.132. The molecule has 48 heavy (non-hydrogen) atoms. The van der Waals surface area contributed by atoms with E-state index in [1.165, 1.54) is 0 Å².